The summed E-state index contributed by atoms with van der Waals surface area (Å²) in [6, 6.07) is 4.79. The maximum Gasteiger partial charge on any atom is 0.243 e. The first-order valence-electron chi connectivity index (χ1n) is 8.89. The fourth-order valence-electron chi connectivity index (χ4n) is 2.78. The minimum Gasteiger partial charge on any atom is -0.370 e. The predicted molar refractivity (Wildman–Crippen MR) is 104 cm³/mol. The summed E-state index contributed by atoms with van der Waals surface area (Å²) in [5.41, 5.74) is 12.6. The molecule has 1 heterocycles. The van der Waals surface area contributed by atoms with Gasteiger partial charge in [-0.15, -0.1) is 0 Å². The molecular weight excluding hydrogens is 362 g/mol. The van der Waals surface area contributed by atoms with E-state index in [1.54, 1.807) is 12.5 Å². The zero-order valence-corrected chi connectivity index (χ0v) is 15.5. The lowest BCUT2D eigenvalue weighted by Gasteiger charge is -2.21. The van der Waals surface area contributed by atoms with Crippen LogP contribution in [0, 0.1) is 0 Å². The minimum absolute atomic E-state index is 0.0367. The van der Waals surface area contributed by atoms with Crippen molar-refractivity contribution in [2.75, 3.05) is 0 Å². The number of benzene rings is 1. The van der Waals surface area contributed by atoms with Gasteiger partial charge in [-0.1, -0.05) is 18.2 Å². The minimum atomic E-state index is -0.985. The SMILES string of the molecule is C[C@@H]([C]=O)NC(=O)[C@H](Cc1c[nH]c2ccccc12)NC(=O)[C@@H](N)CCC(N)=O. The van der Waals surface area contributed by atoms with Crippen molar-refractivity contribution in [3.05, 3.63) is 36.0 Å². The molecule has 3 atom stereocenters. The zero-order valence-electron chi connectivity index (χ0n) is 15.5. The van der Waals surface area contributed by atoms with Crippen molar-refractivity contribution in [3.63, 3.8) is 0 Å². The van der Waals surface area contributed by atoms with Crippen molar-refractivity contribution in [2.45, 2.75) is 44.3 Å². The van der Waals surface area contributed by atoms with Gasteiger partial charge in [0, 0.05) is 29.9 Å². The number of fused-ring (bicyclic) bond motifs is 1. The molecule has 0 spiro atoms. The van der Waals surface area contributed by atoms with E-state index in [0.717, 1.165) is 16.5 Å². The maximum absolute atomic E-state index is 12.6. The molecule has 0 saturated carbocycles. The smallest absolute Gasteiger partial charge is 0.243 e. The van der Waals surface area contributed by atoms with Crippen molar-refractivity contribution in [1.82, 2.24) is 15.6 Å². The molecule has 0 fully saturated rings. The third-order valence-electron chi connectivity index (χ3n) is 4.31. The Morgan fingerprint density at radius 1 is 1.18 bits per heavy atom. The number of nitrogens with one attached hydrogen (secondary N) is 3. The van der Waals surface area contributed by atoms with E-state index in [2.05, 4.69) is 15.6 Å². The van der Waals surface area contributed by atoms with Gasteiger partial charge in [-0.2, -0.15) is 0 Å². The van der Waals surface area contributed by atoms with Crippen LogP contribution in [-0.4, -0.2) is 47.1 Å². The van der Waals surface area contributed by atoms with E-state index in [0.29, 0.717) is 0 Å². The summed E-state index contributed by atoms with van der Waals surface area (Å²) in [6.45, 7) is 1.48. The lowest BCUT2D eigenvalue weighted by molar-refractivity contribution is -0.130. The van der Waals surface area contributed by atoms with E-state index in [1.165, 1.54) is 6.92 Å². The van der Waals surface area contributed by atoms with Crippen LogP contribution in [0.25, 0.3) is 10.9 Å². The number of aromatic nitrogens is 1. The van der Waals surface area contributed by atoms with Crippen LogP contribution in [0.5, 0.6) is 0 Å². The number of amides is 3. The topological polar surface area (TPSA) is 160 Å². The van der Waals surface area contributed by atoms with Crippen molar-refractivity contribution < 1.29 is 19.2 Å². The molecule has 1 aromatic heterocycles. The van der Waals surface area contributed by atoms with Crippen molar-refractivity contribution in [3.8, 4) is 0 Å². The number of primary amides is 1. The van der Waals surface area contributed by atoms with Gasteiger partial charge in [-0.3, -0.25) is 19.2 Å². The quantitative estimate of drug-likeness (QED) is 0.368. The highest BCUT2D eigenvalue weighted by molar-refractivity contribution is 5.92. The molecule has 1 aromatic carbocycles. The highest BCUT2D eigenvalue weighted by Crippen LogP contribution is 2.19. The Morgan fingerprint density at radius 3 is 2.57 bits per heavy atom. The second-order valence-corrected chi connectivity index (χ2v) is 6.58. The lowest BCUT2D eigenvalue weighted by atomic mass is 10.0. The fourth-order valence-corrected chi connectivity index (χ4v) is 2.78. The lowest BCUT2D eigenvalue weighted by Crippen LogP contribution is -2.54. The van der Waals surface area contributed by atoms with E-state index in [4.69, 9.17) is 11.5 Å². The molecule has 9 heteroatoms. The number of aromatic amines is 1. The Labute approximate surface area is 162 Å². The van der Waals surface area contributed by atoms with Gasteiger partial charge in [0.15, 0.2) is 0 Å². The highest BCUT2D eigenvalue weighted by atomic mass is 16.2. The average Bonchev–Trinajstić information content (AvgIpc) is 3.08. The molecule has 0 aliphatic carbocycles. The maximum atomic E-state index is 12.6. The van der Waals surface area contributed by atoms with E-state index in [-0.39, 0.29) is 19.3 Å². The van der Waals surface area contributed by atoms with Gasteiger partial charge in [-0.25, -0.2) is 0 Å². The molecule has 1 radical (unpaired) electrons. The number of carbonyl (C=O) groups excluding carboxylic acids is 4. The van der Waals surface area contributed by atoms with Gasteiger partial charge in [-0.05, 0) is 25.0 Å². The molecule has 0 saturated heterocycles. The first kappa shape index (κ1) is 21.1. The summed E-state index contributed by atoms with van der Waals surface area (Å²) in [6.07, 6.45) is 3.66. The van der Waals surface area contributed by atoms with Crippen LogP contribution in [0.2, 0.25) is 0 Å². The van der Waals surface area contributed by atoms with Gasteiger partial charge < -0.3 is 27.1 Å². The molecule has 0 bridgehead atoms. The highest BCUT2D eigenvalue weighted by Gasteiger charge is 2.26. The zero-order chi connectivity index (χ0) is 20.7. The molecule has 149 valence electrons. The monoisotopic (exact) mass is 386 g/mol. The number of hydrogen-bond donors (Lipinski definition) is 5. The number of rotatable bonds is 10. The summed E-state index contributed by atoms with van der Waals surface area (Å²) in [4.78, 5) is 49.7. The number of para-hydroxylation sites is 1. The molecule has 7 N–H and O–H groups in total. The second-order valence-electron chi connectivity index (χ2n) is 6.58. The molecule has 3 amide bonds. The number of carbonyl (C=O) groups is 3. The first-order valence-corrected chi connectivity index (χ1v) is 8.89. The van der Waals surface area contributed by atoms with Crippen LogP contribution in [0.15, 0.2) is 30.5 Å². The van der Waals surface area contributed by atoms with Crippen LogP contribution in [0.4, 0.5) is 0 Å². The van der Waals surface area contributed by atoms with Crippen LogP contribution >= 0.6 is 0 Å². The summed E-state index contributed by atoms with van der Waals surface area (Å²) < 4.78 is 0. The van der Waals surface area contributed by atoms with Gasteiger partial charge in [0.1, 0.15) is 6.04 Å². The number of nitrogens with two attached hydrogens (primary N) is 2. The van der Waals surface area contributed by atoms with Crippen molar-refractivity contribution >= 4 is 34.9 Å². The van der Waals surface area contributed by atoms with Gasteiger partial charge >= 0.3 is 0 Å². The van der Waals surface area contributed by atoms with Crippen LogP contribution in [0.3, 0.4) is 0 Å². The molecule has 0 aliphatic heterocycles. The van der Waals surface area contributed by atoms with E-state index < -0.39 is 35.8 Å². The average molecular weight is 386 g/mol. The first-order chi connectivity index (χ1) is 13.3. The van der Waals surface area contributed by atoms with E-state index in [1.807, 2.05) is 24.3 Å². The molecule has 28 heavy (non-hydrogen) atoms. The van der Waals surface area contributed by atoms with Gasteiger partial charge in [0.05, 0.1) is 12.1 Å². The van der Waals surface area contributed by atoms with Gasteiger partial charge in [0.2, 0.25) is 24.0 Å². The Bertz CT molecular complexity index is 863. The summed E-state index contributed by atoms with van der Waals surface area (Å²) >= 11 is 0. The van der Waals surface area contributed by atoms with Crippen molar-refractivity contribution in [1.29, 1.82) is 0 Å². The second kappa shape index (κ2) is 9.65. The normalized spacial score (nSPS) is 14.1. The molecular formula is C19H24N5O4. The standard InChI is InChI=1S/C19H24N5O4/c1-11(10-25)23-19(28)16(24-18(27)14(20)6-7-17(21)26)8-12-9-22-15-5-3-2-4-13(12)15/h2-5,9,11,14,16,22H,6-8,20H2,1H3,(H2,21,26)(H,23,28)(H,24,27)/t11-,14-,16-/m0/s1. The Morgan fingerprint density at radius 2 is 1.89 bits per heavy atom. The molecule has 2 rings (SSSR count). The Balaban J connectivity index is 2.16. The fraction of sp³-hybridized carbons (Fsp3) is 0.368. The predicted octanol–water partition coefficient (Wildman–Crippen LogP) is -0.598. The van der Waals surface area contributed by atoms with Crippen LogP contribution < -0.4 is 22.1 Å². The summed E-state index contributed by atoms with van der Waals surface area (Å²) in [5.74, 6) is -1.67. The Hall–Kier alpha value is -3.20. The molecule has 2 aromatic rings. The molecule has 9 nitrogen and oxygen atoms in total. The Kier molecular flexibility index (Phi) is 7.28. The van der Waals surface area contributed by atoms with Crippen molar-refractivity contribution in [2.24, 2.45) is 11.5 Å². The van der Waals surface area contributed by atoms with E-state index in [9.17, 15) is 19.2 Å². The largest absolute Gasteiger partial charge is 0.370 e. The number of hydrogen-bond acceptors (Lipinski definition) is 5. The third kappa shape index (κ3) is 5.65. The summed E-state index contributed by atoms with van der Waals surface area (Å²) in [7, 11) is 0. The van der Waals surface area contributed by atoms with Crippen LogP contribution in [0.1, 0.15) is 25.3 Å². The molecule has 0 unspecified atom stereocenters. The van der Waals surface area contributed by atoms with E-state index >= 15 is 0 Å². The molecule has 0 aliphatic rings. The summed E-state index contributed by atoms with van der Waals surface area (Å²) in [5, 5.41) is 6.00. The number of H-pyrrole nitrogens is 1. The van der Waals surface area contributed by atoms with Crippen LogP contribution in [-0.2, 0) is 25.6 Å². The third-order valence-corrected chi connectivity index (χ3v) is 4.31. The van der Waals surface area contributed by atoms with Gasteiger partial charge in [0.25, 0.3) is 0 Å².